The van der Waals surface area contributed by atoms with E-state index >= 15 is 0 Å². The summed E-state index contributed by atoms with van der Waals surface area (Å²) >= 11 is 6.38. The second-order valence-corrected chi connectivity index (χ2v) is 6.31. The Morgan fingerprint density at radius 2 is 1.77 bits per heavy atom. The van der Waals surface area contributed by atoms with Gasteiger partial charge in [0.15, 0.2) is 4.32 Å². The van der Waals surface area contributed by atoms with Crippen molar-refractivity contribution in [2.45, 2.75) is 13.8 Å². The highest BCUT2D eigenvalue weighted by atomic mass is 32.2. The average molecular weight is 332 g/mol. The highest BCUT2D eigenvalue weighted by Gasteiger charge is 2.32. The fraction of sp³-hybridized carbons (Fsp3) is 0.133. The number of carbonyl (C=O) groups excluding carboxylic acids is 1. The van der Waals surface area contributed by atoms with E-state index in [9.17, 15) is 4.79 Å². The molecular formula is C15H12N2O3S2. The van der Waals surface area contributed by atoms with Gasteiger partial charge in [0, 0.05) is 6.08 Å². The van der Waals surface area contributed by atoms with Gasteiger partial charge in [-0.05, 0) is 50.3 Å². The molecule has 22 heavy (non-hydrogen) atoms. The monoisotopic (exact) mass is 332 g/mol. The van der Waals surface area contributed by atoms with Crippen LogP contribution in [0.1, 0.15) is 23.0 Å². The molecule has 0 atom stereocenters. The first-order chi connectivity index (χ1) is 10.5. The Bertz CT molecular complexity index is 801. The third-order valence-electron chi connectivity index (χ3n) is 2.87. The summed E-state index contributed by atoms with van der Waals surface area (Å²) in [6.07, 6.45) is 3.14. The highest BCUT2D eigenvalue weighted by Crippen LogP contribution is 2.33. The minimum Gasteiger partial charge on any atom is -0.462 e. The van der Waals surface area contributed by atoms with Gasteiger partial charge in [0.05, 0.1) is 11.1 Å². The molecule has 2 aromatic heterocycles. The van der Waals surface area contributed by atoms with E-state index < -0.39 is 0 Å². The lowest BCUT2D eigenvalue weighted by Crippen LogP contribution is -2.22. The van der Waals surface area contributed by atoms with Gasteiger partial charge in [-0.3, -0.25) is 4.79 Å². The molecule has 3 rings (SSSR count). The number of hydrogen-bond acceptors (Lipinski definition) is 6. The highest BCUT2D eigenvalue weighted by molar-refractivity contribution is 8.26. The zero-order chi connectivity index (χ0) is 15.7. The first-order valence-electron chi connectivity index (χ1n) is 6.48. The number of carbonyl (C=O) groups is 1. The van der Waals surface area contributed by atoms with Crippen LogP contribution >= 0.6 is 24.0 Å². The van der Waals surface area contributed by atoms with Crippen molar-refractivity contribution in [3.8, 4) is 0 Å². The molecule has 0 saturated carbocycles. The largest absolute Gasteiger partial charge is 0.462 e. The zero-order valence-corrected chi connectivity index (χ0v) is 13.5. The third-order valence-corrected chi connectivity index (χ3v) is 4.15. The first-order valence-corrected chi connectivity index (χ1v) is 7.70. The SMILES string of the molecule is Cc1ccc(/C=C2\SC(=S)N(/N=C/c3ccc(C)o3)C2=O)o1. The summed E-state index contributed by atoms with van der Waals surface area (Å²) in [6.45, 7) is 3.68. The quantitative estimate of drug-likeness (QED) is 0.487. The maximum atomic E-state index is 12.3. The number of hydrazone groups is 1. The molecule has 7 heteroatoms. The van der Waals surface area contributed by atoms with Gasteiger partial charge in [-0.15, -0.1) is 0 Å². The molecule has 0 aliphatic carbocycles. The molecule has 0 spiro atoms. The van der Waals surface area contributed by atoms with Gasteiger partial charge in [0.2, 0.25) is 0 Å². The summed E-state index contributed by atoms with van der Waals surface area (Å²) in [5.74, 6) is 2.47. The van der Waals surface area contributed by atoms with Crippen molar-refractivity contribution in [1.82, 2.24) is 5.01 Å². The van der Waals surface area contributed by atoms with Crippen LogP contribution in [0.3, 0.4) is 0 Å². The predicted octanol–water partition coefficient (Wildman–Crippen LogP) is 3.72. The molecule has 1 fully saturated rings. The topological polar surface area (TPSA) is 59.0 Å². The van der Waals surface area contributed by atoms with Crippen molar-refractivity contribution >= 4 is 46.5 Å². The first kappa shape index (κ1) is 14.8. The standard InChI is InChI=1S/C15H12N2O3S2/c1-9-3-5-11(19-9)7-13-14(18)17(15(21)22-13)16-8-12-6-4-10(2)20-12/h3-8H,1-2H3/b13-7-,16-8+. The summed E-state index contributed by atoms with van der Waals surface area (Å²) in [6, 6.07) is 7.24. The van der Waals surface area contributed by atoms with Gasteiger partial charge < -0.3 is 8.83 Å². The fourth-order valence-electron chi connectivity index (χ4n) is 1.86. The number of amides is 1. The van der Waals surface area contributed by atoms with Gasteiger partial charge in [-0.25, -0.2) is 0 Å². The Morgan fingerprint density at radius 3 is 2.36 bits per heavy atom. The van der Waals surface area contributed by atoms with Crippen LogP contribution < -0.4 is 0 Å². The number of thiocarbonyl (C=S) groups is 1. The van der Waals surface area contributed by atoms with Crippen LogP contribution in [-0.4, -0.2) is 21.5 Å². The molecule has 0 unspecified atom stereocenters. The molecule has 3 heterocycles. The fourth-order valence-corrected chi connectivity index (χ4v) is 3.01. The minimum atomic E-state index is -0.274. The Labute approximate surface area is 136 Å². The number of thioether (sulfide) groups is 1. The van der Waals surface area contributed by atoms with Gasteiger partial charge in [-0.1, -0.05) is 11.8 Å². The molecule has 1 amide bonds. The van der Waals surface area contributed by atoms with E-state index in [1.54, 1.807) is 18.2 Å². The van der Waals surface area contributed by atoms with E-state index in [2.05, 4.69) is 5.10 Å². The van der Waals surface area contributed by atoms with Crippen molar-refractivity contribution in [3.05, 3.63) is 52.2 Å². The van der Waals surface area contributed by atoms with Crippen LogP contribution in [0.2, 0.25) is 0 Å². The molecule has 112 valence electrons. The van der Waals surface area contributed by atoms with Gasteiger partial charge >= 0.3 is 0 Å². The second kappa shape index (κ2) is 5.94. The van der Waals surface area contributed by atoms with Crippen molar-refractivity contribution in [2.24, 2.45) is 5.10 Å². The van der Waals surface area contributed by atoms with Crippen LogP contribution in [0, 0.1) is 13.8 Å². The summed E-state index contributed by atoms with van der Waals surface area (Å²) in [7, 11) is 0. The van der Waals surface area contributed by atoms with Crippen molar-refractivity contribution in [1.29, 1.82) is 0 Å². The maximum Gasteiger partial charge on any atom is 0.286 e. The zero-order valence-electron chi connectivity index (χ0n) is 11.9. The van der Waals surface area contributed by atoms with Crippen molar-refractivity contribution in [3.63, 3.8) is 0 Å². The second-order valence-electron chi connectivity index (χ2n) is 4.63. The predicted molar refractivity (Wildman–Crippen MR) is 89.5 cm³/mol. The maximum absolute atomic E-state index is 12.3. The molecule has 0 N–H and O–H groups in total. The lowest BCUT2D eigenvalue weighted by Gasteiger charge is -2.04. The van der Waals surface area contributed by atoms with E-state index in [0.29, 0.717) is 20.7 Å². The molecule has 0 radical (unpaired) electrons. The molecule has 5 nitrogen and oxygen atoms in total. The Hall–Kier alpha value is -2.12. The van der Waals surface area contributed by atoms with Crippen LogP contribution in [0.15, 0.2) is 43.1 Å². The van der Waals surface area contributed by atoms with E-state index in [4.69, 9.17) is 21.1 Å². The van der Waals surface area contributed by atoms with E-state index in [0.717, 1.165) is 11.5 Å². The Morgan fingerprint density at radius 1 is 1.14 bits per heavy atom. The van der Waals surface area contributed by atoms with Crippen LogP contribution in [0.4, 0.5) is 0 Å². The summed E-state index contributed by atoms with van der Waals surface area (Å²) < 4.78 is 11.2. The smallest absolute Gasteiger partial charge is 0.286 e. The Kier molecular flexibility index (Phi) is 4.00. The summed E-state index contributed by atoms with van der Waals surface area (Å²) in [5.41, 5.74) is 0. The van der Waals surface area contributed by atoms with E-state index in [-0.39, 0.29) is 5.91 Å². The molecule has 1 aliphatic heterocycles. The lowest BCUT2D eigenvalue weighted by molar-refractivity contribution is -0.122. The van der Waals surface area contributed by atoms with E-state index in [1.807, 2.05) is 26.0 Å². The summed E-state index contributed by atoms with van der Waals surface area (Å²) in [5, 5.41) is 5.28. The molecule has 2 aromatic rings. The number of nitrogens with zero attached hydrogens (tertiary/aromatic N) is 2. The number of furan rings is 2. The Balaban J connectivity index is 1.79. The average Bonchev–Trinajstić information content (AvgIpc) is 3.12. The van der Waals surface area contributed by atoms with Crippen molar-refractivity contribution in [2.75, 3.05) is 0 Å². The molecule has 1 aliphatic rings. The third kappa shape index (κ3) is 3.05. The molecule has 0 bridgehead atoms. The van der Waals surface area contributed by atoms with Gasteiger partial charge in [0.25, 0.3) is 5.91 Å². The molecule has 0 aromatic carbocycles. The van der Waals surface area contributed by atoms with Crippen LogP contribution in [-0.2, 0) is 4.79 Å². The van der Waals surface area contributed by atoms with E-state index in [1.165, 1.54) is 23.0 Å². The normalized spacial score (nSPS) is 17.4. The summed E-state index contributed by atoms with van der Waals surface area (Å²) in [4.78, 5) is 12.8. The number of rotatable bonds is 3. The van der Waals surface area contributed by atoms with Gasteiger partial charge in [0.1, 0.15) is 23.0 Å². The van der Waals surface area contributed by atoms with Crippen LogP contribution in [0.25, 0.3) is 6.08 Å². The lowest BCUT2D eigenvalue weighted by atomic mass is 10.4. The molecular weight excluding hydrogens is 320 g/mol. The van der Waals surface area contributed by atoms with Gasteiger partial charge in [-0.2, -0.15) is 10.1 Å². The van der Waals surface area contributed by atoms with Crippen LogP contribution in [0.5, 0.6) is 0 Å². The molecule has 1 saturated heterocycles. The minimum absolute atomic E-state index is 0.274. The number of aryl methyl sites for hydroxylation is 2. The van der Waals surface area contributed by atoms with Crippen molar-refractivity contribution < 1.29 is 13.6 Å². The number of hydrogen-bond donors (Lipinski definition) is 0.